The van der Waals surface area contributed by atoms with Gasteiger partial charge in [0, 0.05) is 32.9 Å². The zero-order chi connectivity index (χ0) is 24.8. The summed E-state index contributed by atoms with van der Waals surface area (Å²) in [5.41, 5.74) is 7.02. The van der Waals surface area contributed by atoms with Crippen LogP contribution in [0.15, 0.2) is 39.9 Å². The van der Waals surface area contributed by atoms with Gasteiger partial charge in [0.15, 0.2) is 5.69 Å². The first-order valence-electron chi connectivity index (χ1n) is 11.2. The third-order valence-corrected chi connectivity index (χ3v) is 5.22. The van der Waals surface area contributed by atoms with Gasteiger partial charge < -0.3 is 15.4 Å². The summed E-state index contributed by atoms with van der Waals surface area (Å²) >= 11 is 0. The Bertz CT molecular complexity index is 1090. The predicted molar refractivity (Wildman–Crippen MR) is 134 cm³/mol. The highest BCUT2D eigenvalue weighted by Crippen LogP contribution is 2.23. The highest BCUT2D eigenvalue weighted by molar-refractivity contribution is 6.05. The van der Waals surface area contributed by atoms with Gasteiger partial charge in [-0.15, -0.1) is 0 Å². The molecular formula is C25H36N4O4. The Balaban J connectivity index is 2.42. The first-order chi connectivity index (χ1) is 15.5. The fourth-order valence-corrected chi connectivity index (χ4v) is 3.44. The quantitative estimate of drug-likeness (QED) is 0.445. The summed E-state index contributed by atoms with van der Waals surface area (Å²) in [6.45, 7) is 11.2. The number of H-pyrrole nitrogens is 1. The van der Waals surface area contributed by atoms with Crippen molar-refractivity contribution in [2.24, 2.45) is 5.92 Å². The predicted octanol–water partition coefficient (Wildman–Crippen LogP) is 3.16. The molecule has 0 unspecified atom stereocenters. The number of carbonyl (C=O) groups is 1. The number of carbonyl (C=O) groups excluding carboxylic acids is 1. The van der Waals surface area contributed by atoms with E-state index in [4.69, 9.17) is 10.5 Å². The fraction of sp³-hybridized carbons (Fsp3) is 0.480. The molecule has 0 bridgehead atoms. The number of hydrogen-bond donors (Lipinski definition) is 2. The fourth-order valence-electron chi connectivity index (χ4n) is 3.44. The van der Waals surface area contributed by atoms with Crippen molar-refractivity contribution >= 4 is 23.5 Å². The van der Waals surface area contributed by atoms with E-state index in [1.807, 2.05) is 38.1 Å². The molecule has 1 aromatic heterocycles. The zero-order valence-electron chi connectivity index (χ0n) is 20.5. The number of nitrogens with two attached hydrogens (primary N) is 1. The molecule has 3 N–H and O–H groups in total. The standard InChI is InChI=1S/C25H36N4O4/c1-17(2)16-29-22(26)21(23(31)27-24(29)32)28(14-7-15-33-6)20(30)13-10-18-8-11-19(12-9-18)25(3,4)5/h8-13,17H,7,14-16,26H2,1-6H3,(H,27,31,32)/b13-10+. The minimum absolute atomic E-state index is 0.0221. The number of amides is 1. The average Bonchev–Trinajstić information content (AvgIpc) is 2.73. The molecule has 0 fully saturated rings. The number of nitrogen functional groups attached to an aromatic ring is 1. The summed E-state index contributed by atoms with van der Waals surface area (Å²) < 4.78 is 6.40. The number of rotatable bonds is 9. The number of methoxy groups -OCH3 is 1. The lowest BCUT2D eigenvalue weighted by Gasteiger charge is -2.24. The van der Waals surface area contributed by atoms with E-state index in [1.54, 1.807) is 13.2 Å². The normalized spacial score (nSPS) is 12.0. The van der Waals surface area contributed by atoms with E-state index in [1.165, 1.54) is 21.1 Å². The van der Waals surface area contributed by atoms with Crippen LogP contribution in [-0.2, 0) is 21.5 Å². The van der Waals surface area contributed by atoms with Gasteiger partial charge in [0.1, 0.15) is 5.82 Å². The number of aromatic nitrogens is 2. The second kappa shape index (κ2) is 11.1. The number of nitrogens with one attached hydrogen (secondary N) is 1. The van der Waals surface area contributed by atoms with Gasteiger partial charge in [-0.25, -0.2) is 4.79 Å². The molecule has 0 saturated heterocycles. The van der Waals surface area contributed by atoms with Crippen molar-refractivity contribution in [3.05, 3.63) is 62.3 Å². The van der Waals surface area contributed by atoms with Crippen LogP contribution in [0.2, 0.25) is 0 Å². The van der Waals surface area contributed by atoms with Gasteiger partial charge in [0.05, 0.1) is 0 Å². The molecular weight excluding hydrogens is 420 g/mol. The summed E-state index contributed by atoms with van der Waals surface area (Å²) in [7, 11) is 1.57. The van der Waals surface area contributed by atoms with Crippen LogP contribution in [-0.4, -0.2) is 35.7 Å². The number of aromatic amines is 1. The van der Waals surface area contributed by atoms with Crippen LogP contribution in [0.5, 0.6) is 0 Å². The lowest BCUT2D eigenvalue weighted by Crippen LogP contribution is -2.41. The second-order valence-electron chi connectivity index (χ2n) is 9.54. The Morgan fingerprint density at radius 3 is 2.39 bits per heavy atom. The highest BCUT2D eigenvalue weighted by atomic mass is 16.5. The molecule has 8 heteroatoms. The van der Waals surface area contributed by atoms with Crippen LogP contribution in [0.25, 0.3) is 6.08 Å². The van der Waals surface area contributed by atoms with Gasteiger partial charge in [-0.3, -0.25) is 19.1 Å². The Morgan fingerprint density at radius 2 is 1.85 bits per heavy atom. The van der Waals surface area contributed by atoms with Gasteiger partial charge in [0.25, 0.3) is 11.5 Å². The summed E-state index contributed by atoms with van der Waals surface area (Å²) in [5, 5.41) is 0. The Hall–Kier alpha value is -3.13. The summed E-state index contributed by atoms with van der Waals surface area (Å²) in [6, 6.07) is 7.96. The van der Waals surface area contributed by atoms with Crippen molar-refractivity contribution in [2.75, 3.05) is 30.9 Å². The molecule has 0 aliphatic heterocycles. The summed E-state index contributed by atoms with van der Waals surface area (Å²) in [5.74, 6) is -0.304. The molecule has 180 valence electrons. The van der Waals surface area contributed by atoms with E-state index in [0.29, 0.717) is 19.6 Å². The van der Waals surface area contributed by atoms with Crippen molar-refractivity contribution in [3.8, 4) is 0 Å². The van der Waals surface area contributed by atoms with Crippen molar-refractivity contribution in [1.82, 2.24) is 9.55 Å². The van der Waals surface area contributed by atoms with Gasteiger partial charge in [-0.2, -0.15) is 0 Å². The van der Waals surface area contributed by atoms with E-state index < -0.39 is 17.2 Å². The molecule has 1 heterocycles. The maximum absolute atomic E-state index is 13.2. The molecule has 2 rings (SSSR count). The Kier molecular flexibility index (Phi) is 8.82. The molecule has 0 saturated carbocycles. The molecule has 1 aromatic carbocycles. The molecule has 0 radical (unpaired) electrons. The minimum Gasteiger partial charge on any atom is -0.385 e. The van der Waals surface area contributed by atoms with Gasteiger partial charge in [-0.1, -0.05) is 58.9 Å². The SMILES string of the molecule is COCCCN(C(=O)/C=C/c1ccc(C(C)(C)C)cc1)c1c(N)n(CC(C)C)c(=O)[nH]c1=O. The smallest absolute Gasteiger partial charge is 0.330 e. The number of benzene rings is 1. The number of anilines is 2. The number of nitrogens with zero attached hydrogens (tertiary/aromatic N) is 2. The molecule has 2 aromatic rings. The Labute approximate surface area is 195 Å². The van der Waals surface area contributed by atoms with Crippen LogP contribution in [0.4, 0.5) is 11.5 Å². The van der Waals surface area contributed by atoms with E-state index in [2.05, 4.69) is 25.8 Å². The summed E-state index contributed by atoms with van der Waals surface area (Å²) in [4.78, 5) is 41.8. The van der Waals surface area contributed by atoms with Gasteiger partial charge in [0.2, 0.25) is 0 Å². The van der Waals surface area contributed by atoms with E-state index in [-0.39, 0.29) is 29.4 Å². The zero-order valence-corrected chi connectivity index (χ0v) is 20.5. The highest BCUT2D eigenvalue weighted by Gasteiger charge is 2.23. The third kappa shape index (κ3) is 6.92. The van der Waals surface area contributed by atoms with Crippen LogP contribution in [0.1, 0.15) is 52.2 Å². The second-order valence-corrected chi connectivity index (χ2v) is 9.54. The molecule has 8 nitrogen and oxygen atoms in total. The molecule has 0 aliphatic rings. The largest absolute Gasteiger partial charge is 0.385 e. The molecule has 0 aliphatic carbocycles. The van der Waals surface area contributed by atoms with E-state index >= 15 is 0 Å². The lowest BCUT2D eigenvalue weighted by atomic mass is 9.87. The van der Waals surface area contributed by atoms with Crippen molar-refractivity contribution in [1.29, 1.82) is 0 Å². The maximum Gasteiger partial charge on any atom is 0.330 e. The van der Waals surface area contributed by atoms with Crippen molar-refractivity contribution in [3.63, 3.8) is 0 Å². The average molecular weight is 457 g/mol. The lowest BCUT2D eigenvalue weighted by molar-refractivity contribution is -0.114. The van der Waals surface area contributed by atoms with Crippen LogP contribution in [0, 0.1) is 5.92 Å². The van der Waals surface area contributed by atoms with Crippen LogP contribution in [0.3, 0.4) is 0 Å². The molecule has 0 spiro atoms. The van der Waals surface area contributed by atoms with Crippen LogP contribution >= 0.6 is 0 Å². The van der Waals surface area contributed by atoms with E-state index in [0.717, 1.165) is 5.56 Å². The van der Waals surface area contributed by atoms with Crippen molar-refractivity contribution < 1.29 is 9.53 Å². The number of hydrogen-bond acceptors (Lipinski definition) is 5. The Morgan fingerprint density at radius 1 is 1.21 bits per heavy atom. The summed E-state index contributed by atoms with van der Waals surface area (Å²) in [6.07, 6.45) is 3.61. The topological polar surface area (TPSA) is 110 Å². The van der Waals surface area contributed by atoms with Gasteiger partial charge >= 0.3 is 5.69 Å². The molecule has 0 atom stereocenters. The van der Waals surface area contributed by atoms with E-state index in [9.17, 15) is 14.4 Å². The molecule has 33 heavy (non-hydrogen) atoms. The first kappa shape index (κ1) is 26.1. The van der Waals surface area contributed by atoms with Gasteiger partial charge in [-0.05, 0) is 35.0 Å². The molecule has 1 amide bonds. The van der Waals surface area contributed by atoms with Crippen molar-refractivity contribution in [2.45, 2.75) is 53.0 Å². The minimum atomic E-state index is -0.689. The number of ether oxygens (including phenoxy) is 1. The monoisotopic (exact) mass is 456 g/mol. The first-order valence-corrected chi connectivity index (χ1v) is 11.2. The third-order valence-electron chi connectivity index (χ3n) is 5.22. The maximum atomic E-state index is 13.2. The van der Waals surface area contributed by atoms with Crippen LogP contribution < -0.4 is 21.9 Å².